The van der Waals surface area contributed by atoms with Gasteiger partial charge in [-0.15, -0.1) is 0 Å². The highest BCUT2D eigenvalue weighted by Crippen LogP contribution is 2.29. The van der Waals surface area contributed by atoms with Crippen molar-refractivity contribution in [3.63, 3.8) is 0 Å². The Morgan fingerprint density at radius 1 is 1.12 bits per heavy atom. The van der Waals surface area contributed by atoms with Crippen LogP contribution in [0.15, 0.2) is 54.0 Å². The molecule has 0 spiro atoms. The number of amides is 1. The molecule has 0 fully saturated rings. The fourth-order valence-electron chi connectivity index (χ4n) is 2.29. The van der Waals surface area contributed by atoms with Crippen molar-refractivity contribution in [3.05, 3.63) is 59.6 Å². The summed E-state index contributed by atoms with van der Waals surface area (Å²) in [6.07, 6.45) is 1.68. The third-order valence-electron chi connectivity index (χ3n) is 3.55. The standard InChI is InChI=1S/C18H13N3O3S2/c1-23-13-6-7-14-15(10-13)26-17(20-14)21-16(22)11-2-4-12(5-3-11)24-18-19-8-9-25-18/h2-10H,1H3,(H,20,21,22). The minimum Gasteiger partial charge on any atom is -0.497 e. The average Bonchev–Trinajstić information content (AvgIpc) is 3.30. The van der Waals surface area contributed by atoms with Gasteiger partial charge in [-0.2, -0.15) is 0 Å². The number of benzene rings is 2. The second-order valence-electron chi connectivity index (χ2n) is 5.23. The van der Waals surface area contributed by atoms with Crippen LogP contribution in [0.3, 0.4) is 0 Å². The highest BCUT2D eigenvalue weighted by molar-refractivity contribution is 7.22. The van der Waals surface area contributed by atoms with Crippen molar-refractivity contribution in [2.24, 2.45) is 0 Å². The smallest absolute Gasteiger partial charge is 0.278 e. The number of nitrogens with zero attached hydrogens (tertiary/aromatic N) is 2. The molecule has 0 unspecified atom stereocenters. The molecular formula is C18H13N3O3S2. The van der Waals surface area contributed by atoms with Crippen LogP contribution in [-0.2, 0) is 0 Å². The molecule has 2 aromatic heterocycles. The van der Waals surface area contributed by atoms with Crippen molar-refractivity contribution in [1.29, 1.82) is 0 Å². The van der Waals surface area contributed by atoms with Gasteiger partial charge < -0.3 is 9.47 Å². The fourth-order valence-corrected chi connectivity index (χ4v) is 3.68. The van der Waals surface area contributed by atoms with Gasteiger partial charge in [0, 0.05) is 17.1 Å². The molecule has 4 rings (SSSR count). The Hall–Kier alpha value is -2.97. The first-order chi connectivity index (χ1) is 12.7. The first kappa shape index (κ1) is 16.5. The zero-order chi connectivity index (χ0) is 17.9. The summed E-state index contributed by atoms with van der Waals surface area (Å²) in [6.45, 7) is 0. The van der Waals surface area contributed by atoms with Crippen molar-refractivity contribution in [2.75, 3.05) is 12.4 Å². The predicted octanol–water partition coefficient (Wildman–Crippen LogP) is 4.81. The summed E-state index contributed by atoms with van der Waals surface area (Å²) in [4.78, 5) is 20.9. The van der Waals surface area contributed by atoms with E-state index in [0.29, 0.717) is 21.6 Å². The molecule has 0 aliphatic rings. The predicted molar refractivity (Wildman–Crippen MR) is 103 cm³/mol. The molecule has 2 heterocycles. The van der Waals surface area contributed by atoms with Crippen LogP contribution in [0.5, 0.6) is 16.7 Å². The van der Waals surface area contributed by atoms with E-state index in [1.165, 1.54) is 22.7 Å². The first-order valence-electron chi connectivity index (χ1n) is 7.64. The number of carbonyl (C=O) groups is 1. The second-order valence-corrected chi connectivity index (χ2v) is 7.12. The summed E-state index contributed by atoms with van der Waals surface area (Å²) in [7, 11) is 1.62. The number of carbonyl (C=O) groups excluding carboxylic acids is 1. The molecule has 0 bridgehead atoms. The molecule has 130 valence electrons. The zero-order valence-corrected chi connectivity index (χ0v) is 15.3. The molecule has 6 nitrogen and oxygen atoms in total. The summed E-state index contributed by atoms with van der Waals surface area (Å²) in [5.74, 6) is 1.16. The van der Waals surface area contributed by atoms with Gasteiger partial charge in [-0.25, -0.2) is 9.97 Å². The van der Waals surface area contributed by atoms with Crippen LogP contribution in [0.2, 0.25) is 0 Å². The Morgan fingerprint density at radius 2 is 1.92 bits per heavy atom. The minimum absolute atomic E-state index is 0.225. The number of ether oxygens (including phenoxy) is 2. The molecule has 0 aliphatic heterocycles. The van der Waals surface area contributed by atoms with E-state index in [1.54, 1.807) is 37.6 Å². The SMILES string of the molecule is COc1ccc2nc(NC(=O)c3ccc(Oc4nccs4)cc3)sc2c1. The third kappa shape index (κ3) is 3.51. The molecule has 0 saturated heterocycles. The van der Waals surface area contributed by atoms with Gasteiger partial charge >= 0.3 is 0 Å². The van der Waals surface area contributed by atoms with Gasteiger partial charge in [0.05, 0.1) is 17.3 Å². The molecule has 8 heteroatoms. The Balaban J connectivity index is 1.47. The lowest BCUT2D eigenvalue weighted by Crippen LogP contribution is -2.11. The summed E-state index contributed by atoms with van der Waals surface area (Å²) < 4.78 is 11.7. The summed E-state index contributed by atoms with van der Waals surface area (Å²) >= 11 is 2.81. The summed E-state index contributed by atoms with van der Waals surface area (Å²) in [6, 6.07) is 12.5. The van der Waals surface area contributed by atoms with Gasteiger partial charge in [0.25, 0.3) is 11.1 Å². The van der Waals surface area contributed by atoms with Gasteiger partial charge in [-0.1, -0.05) is 22.7 Å². The van der Waals surface area contributed by atoms with Crippen LogP contribution in [0, 0.1) is 0 Å². The van der Waals surface area contributed by atoms with Gasteiger partial charge in [0.2, 0.25) is 0 Å². The van der Waals surface area contributed by atoms with Gasteiger partial charge in [-0.05, 0) is 42.5 Å². The number of hydrogen-bond acceptors (Lipinski definition) is 7. The molecule has 0 saturated carbocycles. The highest BCUT2D eigenvalue weighted by atomic mass is 32.1. The number of anilines is 1. The topological polar surface area (TPSA) is 73.3 Å². The fraction of sp³-hybridized carbons (Fsp3) is 0.0556. The monoisotopic (exact) mass is 383 g/mol. The molecular weight excluding hydrogens is 370 g/mol. The molecule has 26 heavy (non-hydrogen) atoms. The highest BCUT2D eigenvalue weighted by Gasteiger charge is 2.11. The number of nitrogens with one attached hydrogen (secondary N) is 1. The van der Waals surface area contributed by atoms with Crippen molar-refractivity contribution in [1.82, 2.24) is 9.97 Å². The largest absolute Gasteiger partial charge is 0.497 e. The van der Waals surface area contributed by atoms with Crippen LogP contribution < -0.4 is 14.8 Å². The Morgan fingerprint density at radius 3 is 2.65 bits per heavy atom. The number of methoxy groups -OCH3 is 1. The number of thiazole rings is 2. The first-order valence-corrected chi connectivity index (χ1v) is 9.34. The van der Waals surface area contributed by atoms with Crippen LogP contribution in [-0.4, -0.2) is 23.0 Å². The normalized spacial score (nSPS) is 10.7. The third-order valence-corrected chi connectivity index (χ3v) is 5.13. The van der Waals surface area contributed by atoms with Gasteiger partial charge in [0.1, 0.15) is 11.5 Å². The number of aromatic nitrogens is 2. The van der Waals surface area contributed by atoms with Crippen molar-refractivity contribution in [2.45, 2.75) is 0 Å². The molecule has 1 N–H and O–H groups in total. The number of fused-ring (bicyclic) bond motifs is 1. The Bertz CT molecular complexity index is 1040. The van der Waals surface area contributed by atoms with Crippen molar-refractivity contribution in [3.8, 4) is 16.7 Å². The van der Waals surface area contributed by atoms with Crippen molar-refractivity contribution >= 4 is 43.9 Å². The Kier molecular flexibility index (Phi) is 4.51. The molecule has 0 aliphatic carbocycles. The van der Waals surface area contributed by atoms with E-state index in [2.05, 4.69) is 15.3 Å². The maximum absolute atomic E-state index is 12.4. The number of hydrogen-bond donors (Lipinski definition) is 1. The van der Waals surface area contributed by atoms with E-state index in [-0.39, 0.29) is 5.91 Å². The lowest BCUT2D eigenvalue weighted by Gasteiger charge is -2.04. The molecule has 0 atom stereocenters. The van der Waals surface area contributed by atoms with Crippen LogP contribution >= 0.6 is 22.7 Å². The maximum atomic E-state index is 12.4. The quantitative estimate of drug-likeness (QED) is 0.536. The molecule has 0 radical (unpaired) electrons. The van der Waals surface area contributed by atoms with E-state index in [9.17, 15) is 4.79 Å². The summed E-state index contributed by atoms with van der Waals surface area (Å²) in [5.41, 5.74) is 1.34. The van der Waals surface area contributed by atoms with E-state index >= 15 is 0 Å². The van der Waals surface area contributed by atoms with Gasteiger partial charge in [-0.3, -0.25) is 10.1 Å². The second kappa shape index (κ2) is 7.11. The molecule has 1 amide bonds. The van der Waals surface area contributed by atoms with Crippen LogP contribution in [0.25, 0.3) is 10.2 Å². The number of rotatable bonds is 5. The van der Waals surface area contributed by atoms with Crippen LogP contribution in [0.1, 0.15) is 10.4 Å². The van der Waals surface area contributed by atoms with Crippen LogP contribution in [0.4, 0.5) is 5.13 Å². The maximum Gasteiger partial charge on any atom is 0.278 e. The lowest BCUT2D eigenvalue weighted by atomic mass is 10.2. The van der Waals surface area contributed by atoms with E-state index in [0.717, 1.165) is 16.0 Å². The molecule has 4 aromatic rings. The van der Waals surface area contributed by atoms with E-state index in [1.807, 2.05) is 23.6 Å². The minimum atomic E-state index is -0.225. The zero-order valence-electron chi connectivity index (χ0n) is 13.6. The van der Waals surface area contributed by atoms with Gasteiger partial charge in [0.15, 0.2) is 5.13 Å². The summed E-state index contributed by atoms with van der Waals surface area (Å²) in [5, 5.41) is 5.77. The van der Waals surface area contributed by atoms with E-state index in [4.69, 9.17) is 9.47 Å². The average molecular weight is 383 g/mol. The van der Waals surface area contributed by atoms with E-state index < -0.39 is 0 Å². The van der Waals surface area contributed by atoms with Crippen molar-refractivity contribution < 1.29 is 14.3 Å². The Labute approximate surface area is 157 Å². The lowest BCUT2D eigenvalue weighted by molar-refractivity contribution is 0.102. The molecule has 2 aromatic carbocycles.